The Kier molecular flexibility index (Phi) is 3.32. The normalized spacial score (nSPS) is 10.3. The first-order valence-electron chi connectivity index (χ1n) is 5.39. The van der Waals surface area contributed by atoms with Gasteiger partial charge in [-0.25, -0.2) is 9.18 Å². The van der Waals surface area contributed by atoms with Gasteiger partial charge in [0.2, 0.25) is 5.76 Å². The molecule has 0 unspecified atom stereocenters. The zero-order valence-corrected chi connectivity index (χ0v) is 9.74. The molecular weight excluding hydrogens is 237 g/mol. The molecule has 0 amide bonds. The number of hydrogen-bond acceptors (Lipinski definition) is 3. The number of carboxylic acid groups (broad SMARTS) is 1. The second kappa shape index (κ2) is 4.91. The van der Waals surface area contributed by atoms with Gasteiger partial charge in [-0.1, -0.05) is 12.1 Å². The average Bonchev–Trinajstić information content (AvgIpc) is 2.70. The molecule has 0 fully saturated rings. The Bertz CT molecular complexity index is 577. The molecule has 18 heavy (non-hydrogen) atoms. The van der Waals surface area contributed by atoms with Crippen LogP contribution >= 0.6 is 0 Å². The number of rotatable bonds is 4. The van der Waals surface area contributed by atoms with Gasteiger partial charge in [0.1, 0.15) is 11.6 Å². The summed E-state index contributed by atoms with van der Waals surface area (Å²) in [6.45, 7) is 1.98. The van der Waals surface area contributed by atoms with Crippen molar-refractivity contribution in [2.75, 3.05) is 5.32 Å². The molecule has 0 spiro atoms. The summed E-state index contributed by atoms with van der Waals surface area (Å²) >= 11 is 0. The van der Waals surface area contributed by atoms with Crippen LogP contribution in [-0.4, -0.2) is 11.1 Å². The average molecular weight is 249 g/mol. The fourth-order valence-corrected chi connectivity index (χ4v) is 1.60. The predicted octanol–water partition coefficient (Wildman–Crippen LogP) is 3.04. The van der Waals surface area contributed by atoms with Crippen molar-refractivity contribution in [3.63, 3.8) is 0 Å². The SMILES string of the molecule is Cc1oc(C(=O)O)cc1CNc1ccccc1F. The molecule has 0 radical (unpaired) electrons. The Morgan fingerprint density at radius 2 is 2.17 bits per heavy atom. The van der Waals surface area contributed by atoms with E-state index in [0.717, 1.165) is 0 Å². The quantitative estimate of drug-likeness (QED) is 0.874. The van der Waals surface area contributed by atoms with Crippen molar-refractivity contribution in [3.05, 3.63) is 53.2 Å². The Morgan fingerprint density at radius 1 is 1.44 bits per heavy atom. The van der Waals surface area contributed by atoms with Crippen molar-refractivity contribution in [3.8, 4) is 0 Å². The third-order valence-electron chi connectivity index (χ3n) is 2.57. The second-order valence-electron chi connectivity index (χ2n) is 3.83. The van der Waals surface area contributed by atoms with Crippen LogP contribution in [0.25, 0.3) is 0 Å². The standard InChI is InChI=1S/C13H12FNO3/c1-8-9(6-12(18-8)13(16)17)7-15-11-5-3-2-4-10(11)14/h2-6,15H,7H2,1H3,(H,16,17). The summed E-state index contributed by atoms with van der Waals surface area (Å²) in [5.41, 5.74) is 1.06. The Labute approximate surface area is 103 Å². The van der Waals surface area contributed by atoms with Gasteiger partial charge >= 0.3 is 5.97 Å². The predicted molar refractivity (Wildman–Crippen MR) is 64.1 cm³/mol. The van der Waals surface area contributed by atoms with E-state index < -0.39 is 5.97 Å². The molecule has 0 atom stereocenters. The third kappa shape index (κ3) is 2.51. The van der Waals surface area contributed by atoms with Crippen LogP contribution in [0.15, 0.2) is 34.7 Å². The van der Waals surface area contributed by atoms with Gasteiger partial charge in [-0.15, -0.1) is 0 Å². The highest BCUT2D eigenvalue weighted by molar-refractivity contribution is 5.84. The summed E-state index contributed by atoms with van der Waals surface area (Å²) in [5, 5.41) is 11.7. The van der Waals surface area contributed by atoms with E-state index >= 15 is 0 Å². The minimum Gasteiger partial charge on any atom is -0.475 e. The first kappa shape index (κ1) is 12.2. The van der Waals surface area contributed by atoms with E-state index in [1.807, 2.05) is 0 Å². The number of hydrogen-bond donors (Lipinski definition) is 2. The van der Waals surface area contributed by atoms with Crippen LogP contribution in [0.2, 0.25) is 0 Å². The summed E-state index contributed by atoms with van der Waals surface area (Å²) in [6, 6.07) is 7.73. The Morgan fingerprint density at radius 3 is 2.78 bits per heavy atom. The molecule has 1 aromatic carbocycles. The summed E-state index contributed by atoms with van der Waals surface area (Å²) in [7, 11) is 0. The van der Waals surface area contributed by atoms with E-state index in [0.29, 0.717) is 23.6 Å². The molecular formula is C13H12FNO3. The molecule has 0 saturated carbocycles. The van der Waals surface area contributed by atoms with E-state index in [-0.39, 0.29) is 11.6 Å². The molecule has 0 aliphatic rings. The fourth-order valence-electron chi connectivity index (χ4n) is 1.60. The molecule has 94 valence electrons. The van der Waals surface area contributed by atoms with Gasteiger partial charge in [-0.3, -0.25) is 0 Å². The number of furan rings is 1. The number of carbonyl (C=O) groups is 1. The maximum Gasteiger partial charge on any atom is 0.371 e. The third-order valence-corrected chi connectivity index (χ3v) is 2.57. The number of anilines is 1. The first-order chi connectivity index (χ1) is 8.58. The van der Waals surface area contributed by atoms with Gasteiger partial charge in [-0.05, 0) is 25.1 Å². The Balaban J connectivity index is 2.11. The van der Waals surface area contributed by atoms with Crippen LogP contribution in [-0.2, 0) is 6.54 Å². The number of benzene rings is 1. The van der Waals surface area contributed by atoms with Crippen molar-refractivity contribution in [2.45, 2.75) is 13.5 Å². The van der Waals surface area contributed by atoms with E-state index in [1.54, 1.807) is 25.1 Å². The van der Waals surface area contributed by atoms with Crippen LogP contribution in [0, 0.1) is 12.7 Å². The number of halogens is 1. The number of nitrogens with one attached hydrogen (secondary N) is 1. The molecule has 2 N–H and O–H groups in total. The minimum absolute atomic E-state index is 0.113. The van der Waals surface area contributed by atoms with Crippen LogP contribution in [0.3, 0.4) is 0 Å². The van der Waals surface area contributed by atoms with Crippen LogP contribution < -0.4 is 5.32 Å². The van der Waals surface area contributed by atoms with Crippen molar-refractivity contribution >= 4 is 11.7 Å². The van der Waals surface area contributed by atoms with E-state index in [2.05, 4.69) is 5.32 Å². The minimum atomic E-state index is -1.12. The second-order valence-corrected chi connectivity index (χ2v) is 3.83. The smallest absolute Gasteiger partial charge is 0.371 e. The van der Waals surface area contributed by atoms with Crippen LogP contribution in [0.5, 0.6) is 0 Å². The lowest BCUT2D eigenvalue weighted by Crippen LogP contribution is -2.01. The molecule has 1 aromatic heterocycles. The number of aromatic carboxylic acids is 1. The summed E-state index contributed by atoms with van der Waals surface area (Å²) < 4.78 is 18.4. The van der Waals surface area contributed by atoms with Crippen molar-refractivity contribution in [2.24, 2.45) is 0 Å². The number of aryl methyl sites for hydroxylation is 1. The highest BCUT2D eigenvalue weighted by atomic mass is 19.1. The molecule has 2 rings (SSSR count). The molecule has 0 saturated heterocycles. The molecule has 4 nitrogen and oxygen atoms in total. The van der Waals surface area contributed by atoms with Gasteiger partial charge < -0.3 is 14.8 Å². The zero-order valence-electron chi connectivity index (χ0n) is 9.74. The summed E-state index contributed by atoms with van der Waals surface area (Å²) in [5.74, 6) is -1.07. The van der Waals surface area contributed by atoms with Gasteiger partial charge in [0.15, 0.2) is 0 Å². The summed E-state index contributed by atoms with van der Waals surface area (Å²) in [4.78, 5) is 10.7. The van der Waals surface area contributed by atoms with Gasteiger partial charge in [0.25, 0.3) is 0 Å². The van der Waals surface area contributed by atoms with Gasteiger partial charge in [0.05, 0.1) is 5.69 Å². The van der Waals surface area contributed by atoms with Crippen LogP contribution in [0.4, 0.5) is 10.1 Å². The molecule has 0 aliphatic heterocycles. The van der Waals surface area contributed by atoms with E-state index in [1.165, 1.54) is 12.1 Å². The molecule has 0 aliphatic carbocycles. The maximum atomic E-state index is 13.3. The van der Waals surface area contributed by atoms with E-state index in [9.17, 15) is 9.18 Å². The van der Waals surface area contributed by atoms with Gasteiger partial charge in [-0.2, -0.15) is 0 Å². The lowest BCUT2D eigenvalue weighted by Gasteiger charge is -2.05. The Hall–Kier alpha value is -2.30. The molecule has 1 heterocycles. The van der Waals surface area contributed by atoms with Crippen molar-refractivity contribution in [1.82, 2.24) is 0 Å². The maximum absolute atomic E-state index is 13.3. The number of para-hydroxylation sites is 1. The first-order valence-corrected chi connectivity index (χ1v) is 5.39. The number of carboxylic acids is 1. The van der Waals surface area contributed by atoms with Crippen molar-refractivity contribution in [1.29, 1.82) is 0 Å². The van der Waals surface area contributed by atoms with E-state index in [4.69, 9.17) is 9.52 Å². The molecule has 0 bridgehead atoms. The summed E-state index contributed by atoms with van der Waals surface area (Å²) in [6.07, 6.45) is 0. The lowest BCUT2D eigenvalue weighted by atomic mass is 10.2. The van der Waals surface area contributed by atoms with Gasteiger partial charge in [0, 0.05) is 12.1 Å². The molecule has 2 aromatic rings. The molecule has 5 heteroatoms. The largest absolute Gasteiger partial charge is 0.475 e. The zero-order chi connectivity index (χ0) is 13.1. The van der Waals surface area contributed by atoms with Crippen LogP contribution in [0.1, 0.15) is 21.9 Å². The highest BCUT2D eigenvalue weighted by Gasteiger charge is 2.13. The fraction of sp³-hybridized carbons (Fsp3) is 0.154. The van der Waals surface area contributed by atoms with Crippen molar-refractivity contribution < 1.29 is 18.7 Å². The highest BCUT2D eigenvalue weighted by Crippen LogP contribution is 2.18. The lowest BCUT2D eigenvalue weighted by molar-refractivity contribution is 0.0661. The monoisotopic (exact) mass is 249 g/mol. The topological polar surface area (TPSA) is 62.5 Å².